The Morgan fingerprint density at radius 3 is 2.36 bits per heavy atom. The summed E-state index contributed by atoms with van der Waals surface area (Å²) in [4.78, 5) is 11.3. The number of carbonyl (C=O) groups excluding carboxylic acids is 1. The van der Waals surface area contributed by atoms with E-state index < -0.39 is 0 Å². The molecule has 1 rings (SSSR count). The van der Waals surface area contributed by atoms with E-state index in [-0.39, 0.29) is 32.2 Å². The Bertz CT molecular complexity index is 317. The maximum absolute atomic E-state index is 11.3. The summed E-state index contributed by atoms with van der Waals surface area (Å²) in [5.74, 6) is 0.280. The van der Waals surface area contributed by atoms with Gasteiger partial charge in [-0.25, -0.2) is 4.79 Å². The third kappa shape index (κ3) is 4.01. The van der Waals surface area contributed by atoms with Crippen LogP contribution in [0.2, 0.25) is 0 Å². The number of benzene rings is 1. The first-order chi connectivity index (χ1) is 6.24. The van der Waals surface area contributed by atoms with Gasteiger partial charge in [0.25, 0.3) is 0 Å². The minimum atomic E-state index is -0.297. The summed E-state index contributed by atoms with van der Waals surface area (Å²) >= 11 is 0. The fourth-order valence-corrected chi connectivity index (χ4v) is 0.794. The van der Waals surface area contributed by atoms with Crippen molar-refractivity contribution in [1.82, 2.24) is 0 Å². The van der Waals surface area contributed by atoms with Crippen LogP contribution < -0.4 is 4.74 Å². The Kier molecular flexibility index (Phi) is 6.39. The molecule has 0 aromatic heterocycles. The standard InChI is InChI=1S/C11H12O2.Bi.3H/c1-3-9(2)11(12)13-10-7-5-4-6-8-10;;;;/h3-8H,1-2H3;;;;. The third-order valence-corrected chi connectivity index (χ3v) is 1.71. The van der Waals surface area contributed by atoms with Crippen LogP contribution in [0.4, 0.5) is 0 Å². The fourth-order valence-electron chi connectivity index (χ4n) is 0.794. The number of carbonyl (C=O) groups is 1. The number of hydrogen-bond acceptors (Lipinski definition) is 2. The van der Waals surface area contributed by atoms with Crippen LogP contribution >= 0.6 is 0 Å². The van der Waals surface area contributed by atoms with Gasteiger partial charge in [-0.1, -0.05) is 24.3 Å². The molecule has 0 amide bonds. The van der Waals surface area contributed by atoms with Crippen molar-refractivity contribution in [2.75, 3.05) is 0 Å². The van der Waals surface area contributed by atoms with E-state index in [1.54, 1.807) is 25.1 Å². The van der Waals surface area contributed by atoms with Gasteiger partial charge in [0.05, 0.1) is 0 Å². The van der Waals surface area contributed by atoms with Crippen molar-refractivity contribution in [3.8, 4) is 5.75 Å². The molecule has 3 heteroatoms. The van der Waals surface area contributed by atoms with E-state index in [1.807, 2.05) is 25.1 Å². The molecule has 0 saturated carbocycles. The van der Waals surface area contributed by atoms with Crippen LogP contribution in [0, 0.1) is 0 Å². The van der Waals surface area contributed by atoms with E-state index >= 15 is 0 Å². The molecule has 0 heterocycles. The Morgan fingerprint density at radius 2 is 1.86 bits per heavy atom. The van der Waals surface area contributed by atoms with Crippen molar-refractivity contribution < 1.29 is 9.53 Å². The molecule has 0 aliphatic heterocycles. The van der Waals surface area contributed by atoms with E-state index in [0.29, 0.717) is 11.3 Å². The summed E-state index contributed by atoms with van der Waals surface area (Å²) in [6, 6.07) is 9.03. The molecule has 2 nitrogen and oxygen atoms in total. The quantitative estimate of drug-likeness (QED) is 0.331. The second kappa shape index (κ2) is 6.72. The molecule has 0 aliphatic carbocycles. The van der Waals surface area contributed by atoms with E-state index in [1.165, 1.54) is 0 Å². The Hall–Kier alpha value is -0.687. The summed E-state index contributed by atoms with van der Waals surface area (Å²) in [7, 11) is 0. The molecular formula is C11H15BiO2. The number of rotatable bonds is 2. The molecule has 1 aromatic rings. The first-order valence-electron chi connectivity index (χ1n) is 4.14. The average Bonchev–Trinajstić information content (AvgIpc) is 2.18. The van der Waals surface area contributed by atoms with Gasteiger partial charge in [0.2, 0.25) is 0 Å². The molecule has 0 unspecified atom stereocenters. The van der Waals surface area contributed by atoms with Crippen LogP contribution in [-0.4, -0.2) is 32.2 Å². The van der Waals surface area contributed by atoms with Crippen LogP contribution in [0.25, 0.3) is 0 Å². The summed E-state index contributed by atoms with van der Waals surface area (Å²) in [6.45, 7) is 3.53. The van der Waals surface area contributed by atoms with Gasteiger partial charge in [-0.3, -0.25) is 0 Å². The molecule has 0 bridgehead atoms. The van der Waals surface area contributed by atoms with Crippen molar-refractivity contribution >= 4 is 32.2 Å². The average molecular weight is 388 g/mol. The summed E-state index contributed by atoms with van der Waals surface area (Å²) in [5.41, 5.74) is 0.615. The van der Waals surface area contributed by atoms with Gasteiger partial charge in [-0.2, -0.15) is 0 Å². The van der Waals surface area contributed by atoms with Crippen molar-refractivity contribution in [1.29, 1.82) is 0 Å². The number of hydrogen-bond donors (Lipinski definition) is 0. The fraction of sp³-hybridized carbons (Fsp3) is 0.182. The van der Waals surface area contributed by atoms with E-state index in [0.717, 1.165) is 0 Å². The molecular weight excluding hydrogens is 373 g/mol. The third-order valence-electron chi connectivity index (χ3n) is 1.71. The SMILES string of the molecule is CC=C(C)C(=O)Oc1ccccc1.[BiH3]. The van der Waals surface area contributed by atoms with Gasteiger partial charge in [-0.15, -0.1) is 0 Å². The molecule has 0 fully saturated rings. The second-order valence-electron chi connectivity index (χ2n) is 2.67. The van der Waals surface area contributed by atoms with Gasteiger partial charge < -0.3 is 4.74 Å². The zero-order chi connectivity index (χ0) is 9.68. The van der Waals surface area contributed by atoms with Crippen LogP contribution in [0.3, 0.4) is 0 Å². The maximum atomic E-state index is 11.3. The number of ether oxygens (including phenoxy) is 1. The van der Waals surface area contributed by atoms with Gasteiger partial charge in [0.1, 0.15) is 5.75 Å². The molecule has 1 aromatic carbocycles. The molecule has 0 aliphatic rings. The van der Waals surface area contributed by atoms with E-state index in [2.05, 4.69) is 0 Å². The zero-order valence-electron chi connectivity index (χ0n) is 8.49. The van der Waals surface area contributed by atoms with Crippen molar-refractivity contribution in [3.05, 3.63) is 42.0 Å². The molecule has 76 valence electrons. The Morgan fingerprint density at radius 1 is 1.29 bits per heavy atom. The van der Waals surface area contributed by atoms with Gasteiger partial charge >= 0.3 is 32.2 Å². The van der Waals surface area contributed by atoms with Gasteiger partial charge in [-0.05, 0) is 26.0 Å². The van der Waals surface area contributed by atoms with Crippen LogP contribution in [-0.2, 0) is 4.79 Å². The predicted molar refractivity (Wildman–Crippen MR) is 61.4 cm³/mol. The monoisotopic (exact) mass is 388 g/mol. The van der Waals surface area contributed by atoms with Crippen molar-refractivity contribution in [2.24, 2.45) is 0 Å². The van der Waals surface area contributed by atoms with Crippen molar-refractivity contribution in [2.45, 2.75) is 13.8 Å². The first-order valence-corrected chi connectivity index (χ1v) is 4.14. The van der Waals surface area contributed by atoms with Crippen LogP contribution in [0.5, 0.6) is 5.75 Å². The van der Waals surface area contributed by atoms with Crippen LogP contribution in [0.1, 0.15) is 13.8 Å². The number of para-hydroxylation sites is 1. The molecule has 0 radical (unpaired) electrons. The first kappa shape index (κ1) is 13.3. The van der Waals surface area contributed by atoms with E-state index in [9.17, 15) is 4.79 Å². The topological polar surface area (TPSA) is 26.3 Å². The second-order valence-corrected chi connectivity index (χ2v) is 2.67. The Balaban J connectivity index is 0.00000169. The summed E-state index contributed by atoms with van der Waals surface area (Å²) in [6.07, 6.45) is 1.73. The molecule has 0 spiro atoms. The molecule has 14 heavy (non-hydrogen) atoms. The number of esters is 1. The molecule has 0 saturated heterocycles. The van der Waals surface area contributed by atoms with Crippen LogP contribution in [0.15, 0.2) is 42.0 Å². The molecule has 0 N–H and O–H groups in total. The van der Waals surface area contributed by atoms with E-state index in [4.69, 9.17) is 4.74 Å². The summed E-state index contributed by atoms with van der Waals surface area (Å²) < 4.78 is 5.06. The molecule has 0 atom stereocenters. The zero-order valence-corrected chi connectivity index (χ0v) is 14.0. The van der Waals surface area contributed by atoms with Gasteiger partial charge in [0.15, 0.2) is 0 Å². The van der Waals surface area contributed by atoms with Gasteiger partial charge in [0, 0.05) is 5.57 Å². The Labute approximate surface area is 103 Å². The van der Waals surface area contributed by atoms with Crippen molar-refractivity contribution in [3.63, 3.8) is 0 Å². The normalized spacial score (nSPS) is 10.3. The predicted octanol–water partition coefficient (Wildman–Crippen LogP) is 1.37. The minimum absolute atomic E-state index is 0. The summed E-state index contributed by atoms with van der Waals surface area (Å²) in [5, 5.41) is 0. The number of allylic oxidation sites excluding steroid dienone is 1.